The molecule has 17 heavy (non-hydrogen) atoms. The Hall–Kier alpha value is -1.17. The Balaban J connectivity index is 1.83. The van der Waals surface area contributed by atoms with E-state index in [1.807, 2.05) is 0 Å². The van der Waals surface area contributed by atoms with Crippen molar-refractivity contribution in [2.75, 3.05) is 19.8 Å². The Bertz CT molecular complexity index is 391. The summed E-state index contributed by atoms with van der Waals surface area (Å²) in [6.07, 6.45) is 0.615. The van der Waals surface area contributed by atoms with Crippen LogP contribution >= 0.6 is 0 Å². The molecule has 0 saturated carbocycles. The van der Waals surface area contributed by atoms with Crippen molar-refractivity contribution >= 4 is 0 Å². The molecule has 0 aromatic heterocycles. The van der Waals surface area contributed by atoms with Gasteiger partial charge in [0.05, 0.1) is 6.61 Å². The van der Waals surface area contributed by atoms with Crippen molar-refractivity contribution in [2.45, 2.75) is 18.6 Å². The molecular formula is C12H16FNO3. The molecule has 1 aromatic carbocycles. The lowest BCUT2D eigenvalue weighted by Crippen LogP contribution is -2.40. The lowest BCUT2D eigenvalue weighted by atomic mass is 10.0. The molecule has 1 aromatic rings. The third-order valence-corrected chi connectivity index (χ3v) is 2.88. The fourth-order valence-corrected chi connectivity index (χ4v) is 1.84. The van der Waals surface area contributed by atoms with Gasteiger partial charge in [-0.15, -0.1) is 0 Å². The van der Waals surface area contributed by atoms with Crippen LogP contribution in [0, 0.1) is 5.82 Å². The highest BCUT2D eigenvalue weighted by Gasteiger charge is 2.31. The molecule has 5 heteroatoms. The summed E-state index contributed by atoms with van der Waals surface area (Å²) in [6.45, 7) is 1.77. The highest BCUT2D eigenvalue weighted by atomic mass is 19.1. The molecule has 1 atom stereocenters. The number of phenols is 1. The van der Waals surface area contributed by atoms with Crippen LogP contribution in [0.4, 0.5) is 4.39 Å². The number of halogens is 1. The molecule has 4 nitrogen and oxygen atoms in total. The largest absolute Gasteiger partial charge is 0.505 e. The Labute approximate surface area is 99.0 Å². The summed E-state index contributed by atoms with van der Waals surface area (Å²) in [6, 6.07) is 4.23. The second-order valence-corrected chi connectivity index (χ2v) is 4.42. The number of benzene rings is 1. The summed E-state index contributed by atoms with van der Waals surface area (Å²) in [7, 11) is 0. The second-order valence-electron chi connectivity index (χ2n) is 4.42. The standard InChI is InChI=1S/C12H16FNO3/c13-10-5-9(1-2-11(10)15)6-14-7-12(16)3-4-17-8-12/h1-2,5,14-16H,3-4,6-8H2. The van der Waals surface area contributed by atoms with Gasteiger partial charge >= 0.3 is 0 Å². The van der Waals surface area contributed by atoms with Crippen molar-refractivity contribution in [2.24, 2.45) is 0 Å². The van der Waals surface area contributed by atoms with E-state index in [9.17, 15) is 9.50 Å². The highest BCUT2D eigenvalue weighted by molar-refractivity contribution is 5.27. The van der Waals surface area contributed by atoms with Crippen LogP contribution in [0.15, 0.2) is 18.2 Å². The summed E-state index contributed by atoms with van der Waals surface area (Å²) < 4.78 is 18.2. The molecule has 1 heterocycles. The van der Waals surface area contributed by atoms with Gasteiger partial charge in [0.1, 0.15) is 5.60 Å². The van der Waals surface area contributed by atoms with Gasteiger partial charge in [-0.25, -0.2) is 4.39 Å². The van der Waals surface area contributed by atoms with Gasteiger partial charge in [0.2, 0.25) is 0 Å². The fourth-order valence-electron chi connectivity index (χ4n) is 1.84. The lowest BCUT2D eigenvalue weighted by Gasteiger charge is -2.20. The number of phenolic OH excluding ortho intramolecular Hbond substituents is 1. The van der Waals surface area contributed by atoms with Gasteiger partial charge in [0.15, 0.2) is 11.6 Å². The Morgan fingerprint density at radius 1 is 1.47 bits per heavy atom. The fraction of sp³-hybridized carbons (Fsp3) is 0.500. The van der Waals surface area contributed by atoms with E-state index in [1.165, 1.54) is 12.1 Å². The van der Waals surface area contributed by atoms with E-state index in [1.54, 1.807) is 6.07 Å². The molecule has 0 spiro atoms. The van der Waals surface area contributed by atoms with E-state index >= 15 is 0 Å². The van der Waals surface area contributed by atoms with Gasteiger partial charge < -0.3 is 20.3 Å². The predicted molar refractivity (Wildman–Crippen MR) is 60.2 cm³/mol. The maximum atomic E-state index is 13.0. The minimum absolute atomic E-state index is 0.337. The topological polar surface area (TPSA) is 61.7 Å². The van der Waals surface area contributed by atoms with E-state index in [2.05, 4.69) is 5.32 Å². The monoisotopic (exact) mass is 241 g/mol. The van der Waals surface area contributed by atoms with Gasteiger partial charge in [-0.05, 0) is 17.7 Å². The van der Waals surface area contributed by atoms with E-state index < -0.39 is 11.4 Å². The molecule has 3 N–H and O–H groups in total. The van der Waals surface area contributed by atoms with Crippen LogP contribution in [0.2, 0.25) is 0 Å². The zero-order valence-electron chi connectivity index (χ0n) is 9.45. The number of aliphatic hydroxyl groups is 1. The average Bonchev–Trinajstić information content (AvgIpc) is 2.71. The predicted octanol–water partition coefficient (Wildman–Crippen LogP) is 0.772. The van der Waals surface area contributed by atoms with Crippen LogP contribution < -0.4 is 5.32 Å². The highest BCUT2D eigenvalue weighted by Crippen LogP contribution is 2.18. The lowest BCUT2D eigenvalue weighted by molar-refractivity contribution is 0.0268. The summed E-state index contributed by atoms with van der Waals surface area (Å²) in [5, 5.41) is 22.0. The van der Waals surface area contributed by atoms with Crippen molar-refractivity contribution < 1.29 is 19.3 Å². The smallest absolute Gasteiger partial charge is 0.165 e. The van der Waals surface area contributed by atoms with Crippen molar-refractivity contribution in [3.63, 3.8) is 0 Å². The zero-order chi connectivity index (χ0) is 12.3. The minimum Gasteiger partial charge on any atom is -0.505 e. The summed E-state index contributed by atoms with van der Waals surface area (Å²) in [4.78, 5) is 0. The minimum atomic E-state index is -0.810. The van der Waals surface area contributed by atoms with Crippen molar-refractivity contribution in [3.8, 4) is 5.75 Å². The van der Waals surface area contributed by atoms with Gasteiger partial charge in [-0.2, -0.15) is 0 Å². The molecule has 0 amide bonds. The van der Waals surface area contributed by atoms with E-state index in [-0.39, 0.29) is 5.75 Å². The molecular weight excluding hydrogens is 225 g/mol. The molecule has 2 rings (SSSR count). The maximum Gasteiger partial charge on any atom is 0.165 e. The number of aromatic hydroxyl groups is 1. The molecule has 1 aliphatic heterocycles. The maximum absolute atomic E-state index is 13.0. The van der Waals surface area contributed by atoms with Crippen LogP contribution in [0.5, 0.6) is 5.75 Å². The summed E-state index contributed by atoms with van der Waals surface area (Å²) in [5.74, 6) is -0.983. The number of ether oxygens (including phenoxy) is 1. The van der Waals surface area contributed by atoms with Crippen molar-refractivity contribution in [1.29, 1.82) is 0 Å². The van der Waals surface area contributed by atoms with Crippen molar-refractivity contribution in [1.82, 2.24) is 5.32 Å². The van der Waals surface area contributed by atoms with Crippen LogP contribution in [0.3, 0.4) is 0 Å². The Morgan fingerprint density at radius 3 is 2.94 bits per heavy atom. The Morgan fingerprint density at radius 2 is 2.29 bits per heavy atom. The van der Waals surface area contributed by atoms with Gasteiger partial charge in [0.25, 0.3) is 0 Å². The first-order valence-electron chi connectivity index (χ1n) is 5.57. The second kappa shape index (κ2) is 5.00. The molecule has 1 saturated heterocycles. The van der Waals surface area contributed by atoms with Crippen LogP contribution in [-0.2, 0) is 11.3 Å². The average molecular weight is 241 g/mol. The SMILES string of the molecule is Oc1ccc(CNCC2(O)CCOC2)cc1F. The quantitative estimate of drug-likeness (QED) is 0.728. The summed E-state index contributed by atoms with van der Waals surface area (Å²) >= 11 is 0. The molecule has 1 unspecified atom stereocenters. The zero-order valence-corrected chi connectivity index (χ0v) is 9.45. The third-order valence-electron chi connectivity index (χ3n) is 2.88. The number of hydrogen-bond acceptors (Lipinski definition) is 4. The molecule has 0 radical (unpaired) electrons. The first kappa shape index (κ1) is 12.3. The van der Waals surface area contributed by atoms with E-state index in [4.69, 9.17) is 9.84 Å². The molecule has 1 aliphatic rings. The first-order chi connectivity index (χ1) is 8.09. The first-order valence-corrected chi connectivity index (χ1v) is 5.57. The van der Waals surface area contributed by atoms with Crippen LogP contribution in [0.25, 0.3) is 0 Å². The van der Waals surface area contributed by atoms with Gasteiger partial charge in [-0.3, -0.25) is 0 Å². The van der Waals surface area contributed by atoms with Crippen LogP contribution in [0.1, 0.15) is 12.0 Å². The van der Waals surface area contributed by atoms with Crippen molar-refractivity contribution in [3.05, 3.63) is 29.6 Å². The number of nitrogens with one attached hydrogen (secondary N) is 1. The molecule has 94 valence electrons. The van der Waals surface area contributed by atoms with Gasteiger partial charge in [0, 0.05) is 26.1 Å². The summed E-state index contributed by atoms with van der Waals surface area (Å²) in [5.41, 5.74) is -0.0852. The molecule has 0 aliphatic carbocycles. The van der Waals surface area contributed by atoms with E-state index in [0.717, 1.165) is 5.56 Å². The third kappa shape index (κ3) is 3.15. The van der Waals surface area contributed by atoms with E-state index in [0.29, 0.717) is 32.7 Å². The van der Waals surface area contributed by atoms with Gasteiger partial charge in [-0.1, -0.05) is 6.07 Å². The molecule has 0 bridgehead atoms. The Kier molecular flexibility index (Phi) is 3.61. The normalized spacial score (nSPS) is 24.1. The number of rotatable bonds is 4. The molecule has 1 fully saturated rings. The number of hydrogen-bond donors (Lipinski definition) is 3. The van der Waals surface area contributed by atoms with Crippen LogP contribution in [-0.4, -0.2) is 35.6 Å².